The Morgan fingerprint density at radius 1 is 1.00 bits per heavy atom. The van der Waals surface area contributed by atoms with E-state index in [1.807, 2.05) is 0 Å². The van der Waals surface area contributed by atoms with E-state index in [9.17, 15) is 0 Å². The highest BCUT2D eigenvalue weighted by Crippen LogP contribution is 2.74. The summed E-state index contributed by atoms with van der Waals surface area (Å²) in [5.74, 6) is 7.57. The first-order valence-corrected chi connectivity index (χ1v) is 7.73. The van der Waals surface area contributed by atoms with Gasteiger partial charge in [0.1, 0.15) is 0 Å². The molecule has 5 aliphatic carbocycles. The van der Waals surface area contributed by atoms with Crippen molar-refractivity contribution in [3.8, 4) is 0 Å². The number of fused-ring (bicyclic) bond motifs is 14. The highest BCUT2D eigenvalue weighted by atomic mass is 35.5. The molecule has 17 heavy (non-hydrogen) atoms. The van der Waals surface area contributed by atoms with Crippen LogP contribution in [0, 0.1) is 47.3 Å². The van der Waals surface area contributed by atoms with E-state index in [4.69, 9.17) is 16.3 Å². The van der Waals surface area contributed by atoms with Gasteiger partial charge in [-0.15, -0.1) is 0 Å². The molecule has 6 aliphatic rings. The van der Waals surface area contributed by atoms with Crippen LogP contribution < -0.4 is 0 Å². The zero-order chi connectivity index (χ0) is 10.9. The van der Waals surface area contributed by atoms with Gasteiger partial charge in [-0.3, -0.25) is 0 Å². The maximum absolute atomic E-state index is 6.43. The summed E-state index contributed by atoms with van der Waals surface area (Å²) in [6.45, 7) is 0. The van der Waals surface area contributed by atoms with Crippen molar-refractivity contribution in [3.63, 3.8) is 0 Å². The van der Waals surface area contributed by atoms with Crippen LogP contribution in [0.2, 0.25) is 0 Å². The van der Waals surface area contributed by atoms with Gasteiger partial charge in [0.05, 0.1) is 12.2 Å². The average Bonchev–Trinajstić information content (AvgIpc) is 2.78. The van der Waals surface area contributed by atoms with Crippen LogP contribution in [-0.4, -0.2) is 12.2 Å². The van der Waals surface area contributed by atoms with Crippen molar-refractivity contribution in [2.45, 2.75) is 31.5 Å². The summed E-state index contributed by atoms with van der Waals surface area (Å²) >= 11 is 6.43. The fraction of sp³-hybridized carbons (Fsp3) is 0.867. The Morgan fingerprint density at radius 2 is 1.88 bits per heavy atom. The molecular formula is C15H17ClO. The molecule has 90 valence electrons. The average molecular weight is 249 g/mol. The lowest BCUT2D eigenvalue weighted by atomic mass is 9.65. The third-order valence-corrected chi connectivity index (χ3v) is 7.64. The van der Waals surface area contributed by atoms with E-state index in [1.165, 1.54) is 24.3 Å². The summed E-state index contributed by atoms with van der Waals surface area (Å²) in [6.07, 6.45) is 8.06. The molecule has 0 amide bonds. The molecular weight excluding hydrogens is 232 g/mol. The summed E-state index contributed by atoms with van der Waals surface area (Å²) in [5, 5.41) is 1.22. The molecule has 5 fully saturated rings. The monoisotopic (exact) mass is 248 g/mol. The summed E-state index contributed by atoms with van der Waals surface area (Å²) in [6, 6.07) is 0. The van der Waals surface area contributed by atoms with Crippen molar-refractivity contribution >= 4 is 11.6 Å². The second-order valence-corrected chi connectivity index (χ2v) is 7.83. The van der Waals surface area contributed by atoms with E-state index < -0.39 is 0 Å². The van der Waals surface area contributed by atoms with E-state index in [2.05, 4.69) is 6.08 Å². The van der Waals surface area contributed by atoms with Gasteiger partial charge < -0.3 is 4.74 Å². The summed E-state index contributed by atoms with van der Waals surface area (Å²) in [5.41, 5.74) is 0. The van der Waals surface area contributed by atoms with Gasteiger partial charge in [0.25, 0.3) is 0 Å². The predicted molar refractivity (Wildman–Crippen MR) is 64.4 cm³/mol. The van der Waals surface area contributed by atoms with Crippen molar-refractivity contribution in [1.29, 1.82) is 0 Å². The smallest absolute Gasteiger partial charge is 0.0875 e. The Balaban J connectivity index is 1.48. The Kier molecular flexibility index (Phi) is 1.32. The first-order chi connectivity index (χ1) is 8.33. The molecule has 10 unspecified atom stereocenters. The molecule has 0 radical (unpaired) electrons. The molecule has 0 aromatic heterocycles. The second kappa shape index (κ2) is 2.49. The molecule has 4 saturated carbocycles. The minimum atomic E-state index is 0.676. The molecule has 2 heteroatoms. The summed E-state index contributed by atoms with van der Waals surface area (Å²) < 4.78 is 5.83. The van der Waals surface area contributed by atoms with Gasteiger partial charge >= 0.3 is 0 Å². The van der Waals surface area contributed by atoms with Crippen LogP contribution in [0.5, 0.6) is 0 Å². The van der Waals surface area contributed by atoms with Gasteiger partial charge in [-0.2, -0.15) is 0 Å². The number of hydrogen-bond donors (Lipinski definition) is 0. The quantitative estimate of drug-likeness (QED) is 0.474. The van der Waals surface area contributed by atoms with Crippen molar-refractivity contribution in [2.24, 2.45) is 47.3 Å². The van der Waals surface area contributed by atoms with Crippen LogP contribution in [-0.2, 0) is 4.74 Å². The molecule has 1 heterocycles. The minimum Gasteiger partial charge on any atom is -0.369 e. The fourth-order valence-electron chi connectivity index (χ4n) is 7.03. The SMILES string of the molecule is ClC1=CC2CC1C1C3CC(C4C3CC3OC34)C21. The lowest BCUT2D eigenvalue weighted by molar-refractivity contribution is 0.0605. The third kappa shape index (κ3) is 0.814. The molecule has 0 aromatic carbocycles. The molecule has 6 rings (SSSR count). The Bertz CT molecular complexity index is 458. The Hall–Kier alpha value is -0.0100. The maximum Gasteiger partial charge on any atom is 0.0875 e. The second-order valence-electron chi connectivity index (χ2n) is 7.39. The van der Waals surface area contributed by atoms with Gasteiger partial charge in [0.2, 0.25) is 0 Å². The molecule has 0 N–H and O–H groups in total. The van der Waals surface area contributed by atoms with Gasteiger partial charge in [-0.05, 0) is 66.6 Å². The number of epoxide rings is 1. The summed E-state index contributed by atoms with van der Waals surface area (Å²) in [7, 11) is 0. The van der Waals surface area contributed by atoms with E-state index in [0.717, 1.165) is 47.3 Å². The number of halogens is 1. The maximum atomic E-state index is 6.43. The number of ether oxygens (including phenoxy) is 1. The molecule has 1 aliphatic heterocycles. The van der Waals surface area contributed by atoms with E-state index >= 15 is 0 Å². The van der Waals surface area contributed by atoms with Crippen LogP contribution in [0.4, 0.5) is 0 Å². The van der Waals surface area contributed by atoms with Crippen LogP contribution >= 0.6 is 11.6 Å². The summed E-state index contributed by atoms with van der Waals surface area (Å²) in [4.78, 5) is 0. The van der Waals surface area contributed by atoms with Crippen LogP contribution in [0.3, 0.4) is 0 Å². The van der Waals surface area contributed by atoms with E-state index in [0.29, 0.717) is 12.2 Å². The molecule has 0 spiro atoms. The lowest BCUT2D eigenvalue weighted by Gasteiger charge is -2.40. The highest BCUT2D eigenvalue weighted by molar-refractivity contribution is 6.30. The zero-order valence-electron chi connectivity index (χ0n) is 9.76. The van der Waals surface area contributed by atoms with Gasteiger partial charge in [0.15, 0.2) is 0 Å². The topological polar surface area (TPSA) is 12.5 Å². The predicted octanol–water partition coefficient (Wildman–Crippen LogP) is 3.04. The van der Waals surface area contributed by atoms with Crippen LogP contribution in [0.1, 0.15) is 19.3 Å². The van der Waals surface area contributed by atoms with Crippen molar-refractivity contribution in [3.05, 3.63) is 11.1 Å². The third-order valence-electron chi connectivity index (χ3n) is 7.23. The molecule has 10 atom stereocenters. The molecule has 4 bridgehead atoms. The fourth-order valence-corrected chi connectivity index (χ4v) is 7.43. The van der Waals surface area contributed by atoms with Gasteiger partial charge in [-0.1, -0.05) is 17.7 Å². The van der Waals surface area contributed by atoms with Crippen molar-refractivity contribution < 1.29 is 4.74 Å². The van der Waals surface area contributed by atoms with Crippen LogP contribution in [0.25, 0.3) is 0 Å². The van der Waals surface area contributed by atoms with Crippen LogP contribution in [0.15, 0.2) is 11.1 Å². The standard InChI is InChI=1S/C15H17ClO/c16-10-2-5-1-8(10)13-6-3-9(12(5)13)14-7(6)4-11-15(14)17-11/h2,5-9,11-15H,1,3-4H2. The van der Waals surface area contributed by atoms with Crippen molar-refractivity contribution in [2.75, 3.05) is 0 Å². The first-order valence-electron chi connectivity index (χ1n) is 7.35. The van der Waals surface area contributed by atoms with Gasteiger partial charge in [0, 0.05) is 5.03 Å². The number of hydrogen-bond acceptors (Lipinski definition) is 1. The van der Waals surface area contributed by atoms with E-state index in [-0.39, 0.29) is 0 Å². The molecule has 1 saturated heterocycles. The highest BCUT2D eigenvalue weighted by Gasteiger charge is 2.72. The Morgan fingerprint density at radius 3 is 2.82 bits per heavy atom. The van der Waals surface area contributed by atoms with Crippen molar-refractivity contribution in [1.82, 2.24) is 0 Å². The zero-order valence-corrected chi connectivity index (χ0v) is 10.5. The van der Waals surface area contributed by atoms with Gasteiger partial charge in [-0.25, -0.2) is 0 Å². The largest absolute Gasteiger partial charge is 0.369 e. The minimum absolute atomic E-state index is 0.676. The van der Waals surface area contributed by atoms with E-state index in [1.54, 1.807) is 0 Å². The Labute approximate surface area is 107 Å². The number of allylic oxidation sites excluding steroid dienone is 2. The normalized spacial score (nSPS) is 72.4. The lowest BCUT2D eigenvalue weighted by Crippen LogP contribution is -2.37. The first kappa shape index (κ1) is 8.98. The molecule has 1 nitrogen and oxygen atoms in total. The number of rotatable bonds is 0. The molecule has 0 aromatic rings.